The highest BCUT2D eigenvalue weighted by Crippen LogP contribution is 2.25. The molecule has 1 heterocycles. The maximum Gasteiger partial charge on any atom is 0.255 e. The summed E-state index contributed by atoms with van der Waals surface area (Å²) in [5.74, 6) is -0.214. The van der Waals surface area contributed by atoms with E-state index in [-0.39, 0.29) is 5.91 Å². The summed E-state index contributed by atoms with van der Waals surface area (Å²) in [5.41, 5.74) is 2.76. The molecule has 2 aromatic rings. The Hall–Kier alpha value is -2.09. The van der Waals surface area contributed by atoms with E-state index in [9.17, 15) is 9.00 Å². The van der Waals surface area contributed by atoms with E-state index in [2.05, 4.69) is 15.4 Å². The topological polar surface area (TPSA) is 73.5 Å². The Bertz CT molecular complexity index is 798. The summed E-state index contributed by atoms with van der Waals surface area (Å²) in [7, 11) is 1.77. The molecule has 8 heteroatoms. The molecule has 1 aliphatic heterocycles. The molecule has 132 valence electrons. The first kappa shape index (κ1) is 17.7. The Morgan fingerprint density at radius 2 is 2.00 bits per heavy atom. The van der Waals surface area contributed by atoms with Gasteiger partial charge in [-0.15, -0.1) is 0 Å². The molecule has 3 N–H and O–H groups in total. The van der Waals surface area contributed by atoms with Crippen LogP contribution in [0.15, 0.2) is 42.5 Å². The summed E-state index contributed by atoms with van der Waals surface area (Å²) in [6.07, 6.45) is 0.929. The number of nitrogens with one attached hydrogen (secondary N) is 3. The molecule has 1 fully saturated rings. The van der Waals surface area contributed by atoms with Crippen LogP contribution in [0.25, 0.3) is 0 Å². The van der Waals surface area contributed by atoms with E-state index in [4.69, 9.17) is 11.6 Å². The molecule has 6 nitrogen and oxygen atoms in total. The summed E-state index contributed by atoms with van der Waals surface area (Å²) in [6, 6.07) is 12.3. The van der Waals surface area contributed by atoms with E-state index in [1.807, 2.05) is 0 Å². The minimum Gasteiger partial charge on any atom is -0.387 e. The van der Waals surface area contributed by atoms with E-state index in [1.165, 1.54) is 0 Å². The second kappa shape index (κ2) is 7.86. The van der Waals surface area contributed by atoms with Gasteiger partial charge in [-0.3, -0.25) is 9.10 Å². The lowest BCUT2D eigenvalue weighted by Crippen LogP contribution is -2.42. The predicted molar refractivity (Wildman–Crippen MR) is 104 cm³/mol. The van der Waals surface area contributed by atoms with Gasteiger partial charge in [0, 0.05) is 31.4 Å². The standard InChI is InChI=1S/C17H19ClN4O2S/c1-19-16-11-13(5-8-15(16)18)21-17(23)12-3-6-14(7-4-12)22-10-2-9-20-25(22)24/h3-8,11,19-20H,2,9-10H2,1H3,(H,21,23). The third-order valence-electron chi connectivity index (χ3n) is 3.87. The van der Waals surface area contributed by atoms with Crippen LogP contribution < -0.4 is 19.7 Å². The summed E-state index contributed by atoms with van der Waals surface area (Å²) in [5, 5.41) is 6.41. The Morgan fingerprint density at radius 1 is 1.24 bits per heavy atom. The smallest absolute Gasteiger partial charge is 0.255 e. The predicted octanol–water partition coefficient (Wildman–Crippen LogP) is 3.01. The van der Waals surface area contributed by atoms with Crippen LogP contribution in [0, 0.1) is 0 Å². The number of hydrogen-bond donors (Lipinski definition) is 3. The van der Waals surface area contributed by atoms with Gasteiger partial charge in [-0.2, -0.15) is 0 Å². The average molecular weight is 379 g/mol. The molecule has 2 aromatic carbocycles. The van der Waals surface area contributed by atoms with Gasteiger partial charge >= 0.3 is 0 Å². The zero-order valence-electron chi connectivity index (χ0n) is 13.7. The van der Waals surface area contributed by atoms with Crippen molar-refractivity contribution >= 4 is 45.7 Å². The number of carbonyl (C=O) groups excluding carboxylic acids is 1. The second-order valence-electron chi connectivity index (χ2n) is 5.54. The molecular weight excluding hydrogens is 360 g/mol. The Kier molecular flexibility index (Phi) is 5.57. The molecule has 0 radical (unpaired) electrons. The van der Waals surface area contributed by atoms with Crippen LogP contribution >= 0.6 is 11.6 Å². The van der Waals surface area contributed by atoms with Crippen LogP contribution in [0.5, 0.6) is 0 Å². The zero-order valence-corrected chi connectivity index (χ0v) is 15.3. The van der Waals surface area contributed by atoms with Crippen LogP contribution in [0.4, 0.5) is 17.1 Å². The molecular formula is C17H19ClN4O2S. The normalized spacial score (nSPS) is 17.2. The van der Waals surface area contributed by atoms with Crippen molar-refractivity contribution in [3.05, 3.63) is 53.1 Å². The summed E-state index contributed by atoms with van der Waals surface area (Å²) < 4.78 is 16.7. The van der Waals surface area contributed by atoms with Crippen LogP contribution in [0.1, 0.15) is 16.8 Å². The minimum absolute atomic E-state index is 0.214. The molecule has 0 spiro atoms. The average Bonchev–Trinajstić information content (AvgIpc) is 2.64. The van der Waals surface area contributed by atoms with Crippen LogP contribution in [0.2, 0.25) is 5.02 Å². The van der Waals surface area contributed by atoms with Gasteiger partial charge in [0.25, 0.3) is 5.91 Å². The molecule has 25 heavy (non-hydrogen) atoms. The van der Waals surface area contributed by atoms with E-state index in [0.29, 0.717) is 16.3 Å². The van der Waals surface area contributed by atoms with Gasteiger partial charge in [0.05, 0.1) is 16.4 Å². The van der Waals surface area contributed by atoms with Gasteiger partial charge in [-0.05, 0) is 48.9 Å². The van der Waals surface area contributed by atoms with E-state index >= 15 is 0 Å². The molecule has 3 rings (SSSR count). The van der Waals surface area contributed by atoms with Crippen LogP contribution in [-0.2, 0) is 11.2 Å². The molecule has 0 saturated carbocycles. The molecule has 0 aliphatic carbocycles. The van der Waals surface area contributed by atoms with E-state index in [0.717, 1.165) is 30.9 Å². The quantitative estimate of drug-likeness (QED) is 0.765. The van der Waals surface area contributed by atoms with Crippen molar-refractivity contribution in [2.75, 3.05) is 35.1 Å². The number of carbonyl (C=O) groups is 1. The largest absolute Gasteiger partial charge is 0.387 e. The van der Waals surface area contributed by atoms with Crippen molar-refractivity contribution in [1.29, 1.82) is 0 Å². The molecule has 0 aromatic heterocycles. The van der Waals surface area contributed by atoms with Crippen molar-refractivity contribution in [1.82, 2.24) is 4.72 Å². The number of halogens is 1. The SMILES string of the molecule is CNc1cc(NC(=O)c2ccc(N3CCCNS3=O)cc2)ccc1Cl. The highest BCUT2D eigenvalue weighted by Gasteiger charge is 2.18. The summed E-state index contributed by atoms with van der Waals surface area (Å²) in [4.78, 5) is 12.4. The fourth-order valence-corrected chi connectivity index (χ4v) is 3.84. The fourth-order valence-electron chi connectivity index (χ4n) is 2.54. The maximum absolute atomic E-state index is 12.4. The lowest BCUT2D eigenvalue weighted by molar-refractivity contribution is 0.102. The third kappa shape index (κ3) is 4.12. The first-order valence-corrected chi connectivity index (χ1v) is 9.38. The highest BCUT2D eigenvalue weighted by atomic mass is 35.5. The van der Waals surface area contributed by atoms with E-state index in [1.54, 1.807) is 53.8 Å². The lowest BCUT2D eigenvalue weighted by Gasteiger charge is -2.27. The van der Waals surface area contributed by atoms with Crippen molar-refractivity contribution in [3.8, 4) is 0 Å². The summed E-state index contributed by atoms with van der Waals surface area (Å²) in [6.45, 7) is 1.47. The van der Waals surface area contributed by atoms with E-state index < -0.39 is 11.2 Å². The van der Waals surface area contributed by atoms with Crippen molar-refractivity contribution in [2.24, 2.45) is 0 Å². The molecule has 1 unspecified atom stereocenters. The first-order valence-electron chi connectivity index (χ1n) is 7.90. The molecule has 0 bridgehead atoms. The van der Waals surface area contributed by atoms with Gasteiger partial charge in [-0.25, -0.2) is 8.93 Å². The third-order valence-corrected chi connectivity index (χ3v) is 5.45. The van der Waals surface area contributed by atoms with Crippen LogP contribution in [0.3, 0.4) is 0 Å². The Balaban J connectivity index is 1.71. The van der Waals surface area contributed by atoms with Gasteiger partial charge in [0.15, 0.2) is 11.2 Å². The number of anilines is 3. The highest BCUT2D eigenvalue weighted by molar-refractivity contribution is 7.84. The van der Waals surface area contributed by atoms with Crippen molar-refractivity contribution in [2.45, 2.75) is 6.42 Å². The summed E-state index contributed by atoms with van der Waals surface area (Å²) >= 11 is 4.82. The minimum atomic E-state index is -1.22. The number of benzene rings is 2. The number of nitrogens with zero attached hydrogens (tertiary/aromatic N) is 1. The molecule has 1 amide bonds. The Morgan fingerprint density at radius 3 is 2.68 bits per heavy atom. The Labute approximate surface area is 154 Å². The van der Waals surface area contributed by atoms with Gasteiger partial charge in [0.1, 0.15) is 0 Å². The monoisotopic (exact) mass is 378 g/mol. The molecule has 1 saturated heterocycles. The van der Waals surface area contributed by atoms with Crippen LogP contribution in [-0.4, -0.2) is 30.3 Å². The molecule has 1 atom stereocenters. The lowest BCUT2D eigenvalue weighted by atomic mass is 10.2. The van der Waals surface area contributed by atoms with Gasteiger partial charge < -0.3 is 10.6 Å². The van der Waals surface area contributed by atoms with Gasteiger partial charge in [0.2, 0.25) is 0 Å². The number of amides is 1. The zero-order chi connectivity index (χ0) is 17.8. The number of hydrogen-bond acceptors (Lipinski definition) is 3. The maximum atomic E-state index is 12.4. The second-order valence-corrected chi connectivity index (χ2v) is 7.18. The van der Waals surface area contributed by atoms with Crippen molar-refractivity contribution < 1.29 is 9.00 Å². The fraction of sp³-hybridized carbons (Fsp3) is 0.235. The van der Waals surface area contributed by atoms with Crippen molar-refractivity contribution in [3.63, 3.8) is 0 Å². The number of rotatable bonds is 4. The first-order chi connectivity index (χ1) is 12.1. The molecule has 1 aliphatic rings. The van der Waals surface area contributed by atoms with Gasteiger partial charge in [-0.1, -0.05) is 11.6 Å².